The Morgan fingerprint density at radius 1 is 1.53 bits per heavy atom. The maximum Gasteiger partial charge on any atom is 0.234 e. The second-order valence-electron chi connectivity index (χ2n) is 4.13. The molecule has 1 amide bonds. The fourth-order valence-corrected chi connectivity index (χ4v) is 1.95. The molecule has 1 heterocycles. The van der Waals surface area contributed by atoms with Crippen molar-refractivity contribution in [3.63, 3.8) is 0 Å². The quantitative estimate of drug-likeness (QED) is 0.719. The summed E-state index contributed by atoms with van der Waals surface area (Å²) in [6.45, 7) is 6.28. The van der Waals surface area contributed by atoms with E-state index in [9.17, 15) is 4.79 Å². The van der Waals surface area contributed by atoms with Crippen molar-refractivity contribution in [1.29, 1.82) is 0 Å². The van der Waals surface area contributed by atoms with Gasteiger partial charge in [0.25, 0.3) is 0 Å². The van der Waals surface area contributed by atoms with E-state index in [1.165, 1.54) is 0 Å². The van der Waals surface area contributed by atoms with Crippen molar-refractivity contribution >= 4 is 23.1 Å². The molecule has 0 unspecified atom stereocenters. The molecule has 0 bridgehead atoms. The highest BCUT2D eigenvalue weighted by atomic mass is 32.1. The highest BCUT2D eigenvalue weighted by Gasteiger charge is 2.12. The standard InChI is InChI=1S/C13H20N4OS/c1-3-15-11(18)9-17(4-2)8-10-6-5-7-16-12(10)13(14)19/h5-7H,3-4,8-9H2,1-2H3,(H2,14,19)(H,15,18). The number of thiocarbonyl (C=S) groups is 1. The highest BCUT2D eigenvalue weighted by molar-refractivity contribution is 7.80. The fourth-order valence-electron chi connectivity index (χ4n) is 1.76. The van der Waals surface area contributed by atoms with Gasteiger partial charge in [0, 0.05) is 19.3 Å². The smallest absolute Gasteiger partial charge is 0.234 e. The molecule has 104 valence electrons. The Morgan fingerprint density at radius 3 is 2.84 bits per heavy atom. The fraction of sp³-hybridized carbons (Fsp3) is 0.462. The number of hydrogen-bond acceptors (Lipinski definition) is 4. The number of carbonyl (C=O) groups excluding carboxylic acids is 1. The summed E-state index contributed by atoms with van der Waals surface area (Å²) >= 11 is 4.99. The molecule has 0 saturated carbocycles. The van der Waals surface area contributed by atoms with Gasteiger partial charge in [0.1, 0.15) is 10.7 Å². The molecule has 0 fully saturated rings. The summed E-state index contributed by atoms with van der Waals surface area (Å²) in [6, 6.07) is 3.78. The number of amides is 1. The van der Waals surface area contributed by atoms with Gasteiger partial charge >= 0.3 is 0 Å². The predicted octanol–water partition coefficient (Wildman–Crippen LogP) is 0.674. The van der Waals surface area contributed by atoms with E-state index in [1.54, 1.807) is 6.20 Å². The highest BCUT2D eigenvalue weighted by Crippen LogP contribution is 2.09. The number of aromatic nitrogens is 1. The summed E-state index contributed by atoms with van der Waals surface area (Å²) in [7, 11) is 0. The maximum atomic E-state index is 11.6. The minimum absolute atomic E-state index is 0.0186. The predicted molar refractivity (Wildman–Crippen MR) is 79.8 cm³/mol. The van der Waals surface area contributed by atoms with Gasteiger partial charge in [-0.1, -0.05) is 25.2 Å². The monoisotopic (exact) mass is 280 g/mol. The van der Waals surface area contributed by atoms with Crippen molar-refractivity contribution < 1.29 is 4.79 Å². The molecule has 1 aromatic heterocycles. The minimum Gasteiger partial charge on any atom is -0.388 e. The van der Waals surface area contributed by atoms with Gasteiger partial charge in [-0.2, -0.15) is 0 Å². The molecule has 0 aromatic carbocycles. The lowest BCUT2D eigenvalue weighted by Gasteiger charge is -2.20. The van der Waals surface area contributed by atoms with Gasteiger partial charge in [-0.25, -0.2) is 0 Å². The Kier molecular flexibility index (Phi) is 6.38. The molecule has 0 atom stereocenters. The Morgan fingerprint density at radius 2 is 2.26 bits per heavy atom. The number of nitrogens with two attached hydrogens (primary N) is 1. The molecule has 0 aliphatic heterocycles. The summed E-state index contributed by atoms with van der Waals surface area (Å²) in [5.74, 6) is 0.0186. The molecular formula is C13H20N4OS. The average Bonchev–Trinajstić information content (AvgIpc) is 2.38. The lowest BCUT2D eigenvalue weighted by molar-refractivity contribution is -0.122. The van der Waals surface area contributed by atoms with Crippen LogP contribution in [0.2, 0.25) is 0 Å². The van der Waals surface area contributed by atoms with E-state index in [2.05, 4.69) is 10.3 Å². The van der Waals surface area contributed by atoms with Crippen molar-refractivity contribution in [2.75, 3.05) is 19.6 Å². The molecule has 0 aliphatic rings. The van der Waals surface area contributed by atoms with Gasteiger partial charge in [-0.3, -0.25) is 14.7 Å². The number of carbonyl (C=O) groups is 1. The first kappa shape index (κ1) is 15.5. The second-order valence-corrected chi connectivity index (χ2v) is 4.57. The minimum atomic E-state index is 0.0186. The zero-order valence-corrected chi connectivity index (χ0v) is 12.2. The molecule has 6 heteroatoms. The zero-order chi connectivity index (χ0) is 14.3. The van der Waals surface area contributed by atoms with Crippen molar-refractivity contribution in [2.24, 2.45) is 5.73 Å². The molecule has 1 rings (SSSR count). The third-order valence-corrected chi connectivity index (χ3v) is 2.90. The summed E-state index contributed by atoms with van der Waals surface area (Å²) in [5.41, 5.74) is 7.23. The number of pyridine rings is 1. The van der Waals surface area contributed by atoms with Crippen LogP contribution in [-0.4, -0.2) is 40.4 Å². The topological polar surface area (TPSA) is 71.2 Å². The van der Waals surface area contributed by atoms with Crippen molar-refractivity contribution in [3.05, 3.63) is 29.6 Å². The van der Waals surface area contributed by atoms with E-state index in [4.69, 9.17) is 18.0 Å². The Bertz CT molecular complexity index is 450. The van der Waals surface area contributed by atoms with Gasteiger partial charge < -0.3 is 11.1 Å². The third-order valence-electron chi connectivity index (χ3n) is 2.71. The molecule has 0 radical (unpaired) electrons. The largest absolute Gasteiger partial charge is 0.388 e. The maximum absolute atomic E-state index is 11.6. The average molecular weight is 280 g/mol. The molecular weight excluding hydrogens is 260 g/mol. The normalized spacial score (nSPS) is 10.5. The van der Waals surface area contributed by atoms with Gasteiger partial charge in [-0.05, 0) is 25.1 Å². The SMILES string of the molecule is CCNC(=O)CN(CC)Cc1cccnc1C(N)=S. The number of rotatable bonds is 7. The van der Waals surface area contributed by atoms with Crippen LogP contribution in [0.15, 0.2) is 18.3 Å². The Labute approximate surface area is 119 Å². The summed E-state index contributed by atoms with van der Waals surface area (Å²) in [6.07, 6.45) is 1.66. The van der Waals surface area contributed by atoms with E-state index in [-0.39, 0.29) is 10.9 Å². The van der Waals surface area contributed by atoms with Gasteiger partial charge in [-0.15, -0.1) is 0 Å². The van der Waals surface area contributed by atoms with Crippen LogP contribution in [0.25, 0.3) is 0 Å². The summed E-state index contributed by atoms with van der Waals surface area (Å²) in [5, 5.41) is 2.79. The Balaban J connectivity index is 2.75. The molecule has 19 heavy (non-hydrogen) atoms. The van der Waals surface area contributed by atoms with Crippen LogP contribution >= 0.6 is 12.2 Å². The second kappa shape index (κ2) is 7.81. The van der Waals surface area contributed by atoms with Crippen LogP contribution in [0, 0.1) is 0 Å². The first-order chi connectivity index (χ1) is 9.08. The van der Waals surface area contributed by atoms with Gasteiger partial charge in [0.2, 0.25) is 5.91 Å². The van der Waals surface area contributed by atoms with Crippen molar-refractivity contribution in [1.82, 2.24) is 15.2 Å². The number of hydrogen-bond donors (Lipinski definition) is 2. The first-order valence-electron chi connectivity index (χ1n) is 6.31. The van der Waals surface area contributed by atoms with Crippen LogP contribution in [0.4, 0.5) is 0 Å². The molecule has 1 aromatic rings. The molecule has 3 N–H and O–H groups in total. The van der Waals surface area contributed by atoms with Crippen LogP contribution in [0.3, 0.4) is 0 Å². The van der Waals surface area contributed by atoms with E-state index in [1.807, 2.05) is 30.9 Å². The summed E-state index contributed by atoms with van der Waals surface area (Å²) < 4.78 is 0. The lowest BCUT2D eigenvalue weighted by atomic mass is 10.1. The van der Waals surface area contributed by atoms with Crippen molar-refractivity contribution in [2.45, 2.75) is 20.4 Å². The molecule has 0 spiro atoms. The van der Waals surface area contributed by atoms with E-state index >= 15 is 0 Å². The zero-order valence-electron chi connectivity index (χ0n) is 11.3. The first-order valence-corrected chi connectivity index (χ1v) is 6.72. The summed E-state index contributed by atoms with van der Waals surface area (Å²) in [4.78, 5) is 18.1. The lowest BCUT2D eigenvalue weighted by Crippen LogP contribution is -2.37. The number of nitrogens with zero attached hydrogens (tertiary/aromatic N) is 2. The Hall–Kier alpha value is -1.53. The van der Waals surface area contributed by atoms with E-state index < -0.39 is 0 Å². The van der Waals surface area contributed by atoms with Crippen molar-refractivity contribution in [3.8, 4) is 0 Å². The van der Waals surface area contributed by atoms with E-state index in [0.717, 1.165) is 12.1 Å². The van der Waals surface area contributed by atoms with Gasteiger partial charge in [0.05, 0.1) is 6.54 Å². The third kappa shape index (κ3) is 4.92. The molecule has 0 saturated heterocycles. The van der Waals surface area contributed by atoms with Gasteiger partial charge in [0.15, 0.2) is 0 Å². The van der Waals surface area contributed by atoms with Crippen LogP contribution < -0.4 is 11.1 Å². The molecule has 5 nitrogen and oxygen atoms in total. The number of nitrogens with one attached hydrogen (secondary N) is 1. The van der Waals surface area contributed by atoms with Crippen LogP contribution in [-0.2, 0) is 11.3 Å². The molecule has 0 aliphatic carbocycles. The number of likely N-dealkylation sites (N-methyl/N-ethyl adjacent to an activating group) is 2. The van der Waals surface area contributed by atoms with E-state index in [0.29, 0.717) is 25.3 Å². The van der Waals surface area contributed by atoms with Crippen LogP contribution in [0.5, 0.6) is 0 Å². The van der Waals surface area contributed by atoms with Crippen LogP contribution in [0.1, 0.15) is 25.1 Å².